The van der Waals surface area contributed by atoms with E-state index in [4.69, 9.17) is 0 Å². The maximum absolute atomic E-state index is 12.3. The van der Waals surface area contributed by atoms with Crippen LogP contribution in [0.5, 0.6) is 0 Å². The number of amides is 1. The number of carbonyl (C=O) groups excluding carboxylic acids is 1. The summed E-state index contributed by atoms with van der Waals surface area (Å²) in [6, 6.07) is 3.76. The molecule has 3 atom stereocenters. The average Bonchev–Trinajstić information content (AvgIpc) is 3.06. The van der Waals surface area contributed by atoms with Crippen LogP contribution in [0.3, 0.4) is 0 Å². The predicted octanol–water partition coefficient (Wildman–Crippen LogP) is 1.00. The van der Waals surface area contributed by atoms with Crippen LogP contribution in [0.2, 0.25) is 0 Å². The van der Waals surface area contributed by atoms with Gasteiger partial charge in [-0.1, -0.05) is 6.07 Å². The zero-order valence-corrected chi connectivity index (χ0v) is 12.9. The molecule has 2 fully saturated rings. The molecule has 1 N–H and O–H groups in total. The summed E-state index contributed by atoms with van der Waals surface area (Å²) in [5.41, 5.74) is 0. The maximum atomic E-state index is 12.3. The number of nitrogens with one attached hydrogen (secondary N) is 1. The number of thiophene rings is 1. The fourth-order valence-electron chi connectivity index (χ4n) is 2.95. The van der Waals surface area contributed by atoms with Crippen molar-refractivity contribution in [3.05, 3.63) is 22.4 Å². The topological polar surface area (TPSA) is 66.5 Å². The second-order valence-electron chi connectivity index (χ2n) is 5.57. The van der Waals surface area contributed by atoms with Crippen LogP contribution in [0.1, 0.15) is 24.4 Å². The van der Waals surface area contributed by atoms with Crippen molar-refractivity contribution in [2.24, 2.45) is 5.92 Å². The quantitative estimate of drug-likeness (QED) is 0.904. The Hall–Kier alpha value is -0.920. The summed E-state index contributed by atoms with van der Waals surface area (Å²) < 4.78 is 23.1. The molecule has 1 aromatic heterocycles. The van der Waals surface area contributed by atoms with E-state index < -0.39 is 9.84 Å². The van der Waals surface area contributed by atoms with Crippen molar-refractivity contribution in [1.29, 1.82) is 0 Å². The summed E-state index contributed by atoms with van der Waals surface area (Å²) in [6.45, 7) is 2.38. The molecule has 3 rings (SSSR count). The third-order valence-corrected chi connectivity index (χ3v) is 6.73. The Bertz CT molecular complexity index is 597. The van der Waals surface area contributed by atoms with Crippen molar-refractivity contribution in [1.82, 2.24) is 10.2 Å². The first-order valence-corrected chi connectivity index (χ1v) is 9.47. The van der Waals surface area contributed by atoms with Gasteiger partial charge in [0.05, 0.1) is 17.5 Å². The maximum Gasteiger partial charge on any atom is 0.241 e. The first kappa shape index (κ1) is 14.0. The number of hydrogen-bond acceptors (Lipinski definition) is 5. The van der Waals surface area contributed by atoms with Crippen molar-refractivity contribution < 1.29 is 13.2 Å². The number of nitrogens with zero attached hydrogens (tertiary/aromatic N) is 1. The van der Waals surface area contributed by atoms with E-state index in [0.29, 0.717) is 13.0 Å². The zero-order chi connectivity index (χ0) is 14.3. The van der Waals surface area contributed by atoms with Crippen molar-refractivity contribution in [3.63, 3.8) is 0 Å². The third-order valence-electron chi connectivity index (χ3n) is 3.97. The van der Waals surface area contributed by atoms with Crippen molar-refractivity contribution >= 4 is 27.1 Å². The van der Waals surface area contributed by atoms with Crippen LogP contribution < -0.4 is 5.32 Å². The van der Waals surface area contributed by atoms with E-state index in [-0.39, 0.29) is 35.5 Å². The lowest BCUT2D eigenvalue weighted by Gasteiger charge is -2.25. The van der Waals surface area contributed by atoms with E-state index >= 15 is 0 Å². The van der Waals surface area contributed by atoms with E-state index in [1.54, 1.807) is 11.3 Å². The summed E-state index contributed by atoms with van der Waals surface area (Å²) in [6.07, 6.45) is 0.554. The molecule has 2 aliphatic rings. The number of rotatable bonds is 3. The molecule has 1 amide bonds. The fourth-order valence-corrected chi connectivity index (χ4v) is 5.59. The lowest BCUT2D eigenvalue weighted by molar-refractivity contribution is -0.130. The standard InChI is InChI=1S/C13H18N2O3S2/c1-9-13(16)15(7-10-4-6-20(17,18)8-10)12(14-9)11-3-2-5-19-11/h2-3,5,9-10,12,14H,4,6-8H2,1H3. The van der Waals surface area contributed by atoms with Crippen LogP contribution in [0.15, 0.2) is 17.5 Å². The molecule has 0 saturated carbocycles. The Kier molecular flexibility index (Phi) is 3.60. The molecule has 1 aromatic rings. The van der Waals surface area contributed by atoms with Crippen molar-refractivity contribution in [2.75, 3.05) is 18.1 Å². The van der Waals surface area contributed by atoms with Gasteiger partial charge in [0.25, 0.3) is 0 Å². The molecular formula is C13H18N2O3S2. The first-order chi connectivity index (χ1) is 9.46. The van der Waals surface area contributed by atoms with E-state index in [1.165, 1.54) is 0 Å². The summed E-state index contributed by atoms with van der Waals surface area (Å²) >= 11 is 1.61. The van der Waals surface area contributed by atoms with E-state index in [9.17, 15) is 13.2 Å². The third kappa shape index (κ3) is 2.62. The Morgan fingerprint density at radius 2 is 2.30 bits per heavy atom. The normalized spacial score (nSPS) is 33.0. The molecule has 0 radical (unpaired) electrons. The molecule has 5 nitrogen and oxygen atoms in total. The van der Waals surface area contributed by atoms with Gasteiger partial charge in [0, 0.05) is 11.4 Å². The zero-order valence-electron chi connectivity index (χ0n) is 11.3. The minimum Gasteiger partial charge on any atom is -0.320 e. The fraction of sp³-hybridized carbons (Fsp3) is 0.615. The highest BCUT2D eigenvalue weighted by Gasteiger charge is 2.40. The van der Waals surface area contributed by atoms with Crippen molar-refractivity contribution in [2.45, 2.75) is 25.6 Å². The van der Waals surface area contributed by atoms with Gasteiger partial charge in [0.1, 0.15) is 6.17 Å². The van der Waals surface area contributed by atoms with Gasteiger partial charge in [0.15, 0.2) is 9.84 Å². The van der Waals surface area contributed by atoms with Crippen molar-refractivity contribution in [3.8, 4) is 0 Å². The number of hydrogen-bond donors (Lipinski definition) is 1. The van der Waals surface area contributed by atoms with Crippen LogP contribution in [0, 0.1) is 5.92 Å². The molecular weight excluding hydrogens is 296 g/mol. The minimum absolute atomic E-state index is 0.0627. The summed E-state index contributed by atoms with van der Waals surface area (Å²) in [4.78, 5) is 15.2. The predicted molar refractivity (Wildman–Crippen MR) is 78.1 cm³/mol. The molecule has 3 heterocycles. The average molecular weight is 314 g/mol. The highest BCUT2D eigenvalue weighted by atomic mass is 32.2. The van der Waals surface area contributed by atoms with Gasteiger partial charge >= 0.3 is 0 Å². The van der Waals surface area contributed by atoms with Gasteiger partial charge in [-0.3, -0.25) is 10.1 Å². The van der Waals surface area contributed by atoms with Crippen LogP contribution in [-0.4, -0.2) is 43.3 Å². The molecule has 20 heavy (non-hydrogen) atoms. The van der Waals surface area contributed by atoms with Gasteiger partial charge in [-0.2, -0.15) is 0 Å². The molecule has 7 heteroatoms. The monoisotopic (exact) mass is 314 g/mol. The molecule has 0 spiro atoms. The van der Waals surface area contributed by atoms with Gasteiger partial charge in [-0.05, 0) is 30.7 Å². The Balaban J connectivity index is 1.77. The second-order valence-corrected chi connectivity index (χ2v) is 8.77. The largest absolute Gasteiger partial charge is 0.320 e. The minimum atomic E-state index is -2.90. The molecule has 0 aliphatic carbocycles. The molecule has 2 saturated heterocycles. The van der Waals surface area contributed by atoms with Crippen LogP contribution in [0.25, 0.3) is 0 Å². The second kappa shape index (κ2) is 5.13. The van der Waals surface area contributed by atoms with Crippen LogP contribution in [-0.2, 0) is 14.6 Å². The molecule has 110 valence electrons. The summed E-state index contributed by atoms with van der Waals surface area (Å²) in [7, 11) is -2.90. The smallest absolute Gasteiger partial charge is 0.241 e. The Morgan fingerprint density at radius 1 is 1.50 bits per heavy atom. The van der Waals surface area contributed by atoms with Crippen LogP contribution >= 0.6 is 11.3 Å². The number of sulfone groups is 1. The first-order valence-electron chi connectivity index (χ1n) is 6.76. The molecule has 3 unspecified atom stereocenters. The highest BCUT2D eigenvalue weighted by molar-refractivity contribution is 7.91. The van der Waals surface area contributed by atoms with Crippen LogP contribution in [0.4, 0.5) is 0 Å². The van der Waals surface area contributed by atoms with Gasteiger partial charge in [-0.15, -0.1) is 11.3 Å². The highest BCUT2D eigenvalue weighted by Crippen LogP contribution is 2.31. The molecule has 2 aliphatic heterocycles. The SMILES string of the molecule is CC1NC(c2cccs2)N(CC2CCS(=O)(=O)C2)C1=O. The summed E-state index contributed by atoms with van der Waals surface area (Å²) in [5.74, 6) is 0.598. The summed E-state index contributed by atoms with van der Waals surface area (Å²) in [5, 5.41) is 5.28. The number of carbonyl (C=O) groups is 1. The lowest BCUT2D eigenvalue weighted by atomic mass is 10.1. The van der Waals surface area contributed by atoms with E-state index in [0.717, 1.165) is 4.88 Å². The molecule has 0 aromatic carbocycles. The Labute approximate surface area is 122 Å². The van der Waals surface area contributed by atoms with E-state index in [2.05, 4.69) is 5.32 Å². The van der Waals surface area contributed by atoms with Gasteiger partial charge in [0.2, 0.25) is 5.91 Å². The van der Waals surface area contributed by atoms with E-state index in [1.807, 2.05) is 29.3 Å². The Morgan fingerprint density at radius 3 is 2.90 bits per heavy atom. The van der Waals surface area contributed by atoms with Gasteiger partial charge in [-0.25, -0.2) is 8.42 Å². The van der Waals surface area contributed by atoms with Gasteiger partial charge < -0.3 is 4.90 Å². The lowest BCUT2D eigenvalue weighted by Crippen LogP contribution is -2.35. The molecule has 0 bridgehead atoms.